The Balaban J connectivity index is 1.31. The highest BCUT2D eigenvalue weighted by Crippen LogP contribution is 2.61. The molecule has 1 N–H and O–H groups in total. The Bertz CT molecular complexity index is 1690. The topological polar surface area (TPSA) is 81.2 Å². The highest BCUT2D eigenvalue weighted by atomic mass is 32.2. The predicted molar refractivity (Wildman–Crippen MR) is 178 cm³/mol. The van der Waals surface area contributed by atoms with E-state index >= 15 is 0 Å². The second-order valence-corrected chi connectivity index (χ2v) is 14.6. The Kier molecular flexibility index (Phi) is 7.82. The number of hydrogen-bond acceptors (Lipinski definition) is 5. The smallest absolute Gasteiger partial charge is 0.251 e. The number of carbonyl (C=O) groups is 3. The Labute approximate surface area is 268 Å². The molecular weight excluding hydrogens is 582 g/mol. The fourth-order valence-electron chi connectivity index (χ4n) is 7.86. The minimum absolute atomic E-state index is 0.0573. The number of thioether (sulfide) groups is 1. The summed E-state index contributed by atoms with van der Waals surface area (Å²) in [6.07, 6.45) is 8.71. The van der Waals surface area contributed by atoms with Crippen molar-refractivity contribution in [2.24, 2.45) is 17.8 Å². The first-order chi connectivity index (χ1) is 21.8. The number of anilines is 1. The van der Waals surface area contributed by atoms with Crippen LogP contribution < -0.4 is 4.90 Å². The zero-order valence-electron chi connectivity index (χ0n) is 25.7. The summed E-state index contributed by atoms with van der Waals surface area (Å²) in [4.78, 5) is 49.4. The van der Waals surface area contributed by atoms with Crippen LogP contribution >= 0.6 is 11.8 Å². The van der Waals surface area contributed by atoms with E-state index in [9.17, 15) is 19.5 Å². The molecule has 8 heteroatoms. The van der Waals surface area contributed by atoms with Gasteiger partial charge in [-0.2, -0.15) is 0 Å². The van der Waals surface area contributed by atoms with Crippen molar-refractivity contribution in [3.05, 3.63) is 103 Å². The third-order valence-electron chi connectivity index (χ3n) is 9.79. The second kappa shape index (κ2) is 11.8. The minimum atomic E-state index is -0.935. The summed E-state index contributed by atoms with van der Waals surface area (Å²) < 4.78 is -0.935. The Morgan fingerprint density at radius 3 is 2.40 bits per heavy atom. The van der Waals surface area contributed by atoms with Crippen molar-refractivity contribution in [1.29, 1.82) is 0 Å². The van der Waals surface area contributed by atoms with Crippen molar-refractivity contribution < 1.29 is 19.5 Å². The molecule has 45 heavy (non-hydrogen) atoms. The van der Waals surface area contributed by atoms with Crippen LogP contribution in [0.4, 0.5) is 5.69 Å². The number of fused-ring (bicyclic) bond motifs is 3. The third-order valence-corrected chi connectivity index (χ3v) is 11.5. The number of aliphatic hydroxyl groups is 1. The van der Waals surface area contributed by atoms with Gasteiger partial charge in [0.1, 0.15) is 6.04 Å². The lowest BCUT2D eigenvalue weighted by Gasteiger charge is -2.39. The maximum Gasteiger partial charge on any atom is 0.251 e. The molecule has 0 aliphatic carbocycles. The average molecular weight is 622 g/mol. The van der Waals surface area contributed by atoms with Crippen molar-refractivity contribution in [2.45, 2.75) is 48.9 Å². The molecule has 4 heterocycles. The number of nitrogens with zero attached hydrogens (tertiary/aromatic N) is 3. The molecule has 7 nitrogen and oxygen atoms in total. The molecule has 0 aromatic heterocycles. The van der Waals surface area contributed by atoms with E-state index in [1.54, 1.807) is 21.6 Å². The molecule has 7 rings (SSSR count). The molecule has 3 amide bonds. The van der Waals surface area contributed by atoms with E-state index in [4.69, 9.17) is 0 Å². The van der Waals surface area contributed by atoms with Gasteiger partial charge in [0.15, 0.2) is 0 Å². The molecule has 2 saturated heterocycles. The Morgan fingerprint density at radius 2 is 1.64 bits per heavy atom. The third kappa shape index (κ3) is 4.99. The van der Waals surface area contributed by atoms with Crippen LogP contribution in [0.1, 0.15) is 25.8 Å². The molecule has 2 fully saturated rings. The fourth-order valence-corrected chi connectivity index (χ4v) is 9.86. The summed E-state index contributed by atoms with van der Waals surface area (Å²) in [6.45, 7) is 5.15. The molecule has 4 aliphatic heterocycles. The van der Waals surface area contributed by atoms with Crippen LogP contribution in [0.5, 0.6) is 0 Å². The van der Waals surface area contributed by atoms with Gasteiger partial charge < -0.3 is 19.8 Å². The molecule has 6 atom stereocenters. The van der Waals surface area contributed by atoms with Gasteiger partial charge in [-0.05, 0) is 40.8 Å². The van der Waals surface area contributed by atoms with Gasteiger partial charge in [0.05, 0.1) is 29.2 Å². The molecular formula is C37H39N3O4S. The predicted octanol–water partition coefficient (Wildman–Crippen LogP) is 5.05. The first kappa shape index (κ1) is 29.8. The molecule has 232 valence electrons. The lowest BCUT2D eigenvalue weighted by atomic mass is 9.78. The monoisotopic (exact) mass is 621 g/mol. The summed E-state index contributed by atoms with van der Waals surface area (Å²) in [5.74, 6) is -1.57. The number of rotatable bonds is 7. The largest absolute Gasteiger partial charge is 0.394 e. The quantitative estimate of drug-likeness (QED) is 0.374. The number of aliphatic hydroxyl groups excluding tert-OH is 1. The van der Waals surface area contributed by atoms with Gasteiger partial charge in [0, 0.05) is 30.6 Å². The summed E-state index contributed by atoms with van der Waals surface area (Å²) in [5, 5.41) is 12.5. The van der Waals surface area contributed by atoms with Crippen LogP contribution in [0, 0.1) is 17.8 Å². The summed E-state index contributed by atoms with van der Waals surface area (Å²) >= 11 is 1.58. The summed E-state index contributed by atoms with van der Waals surface area (Å²) in [5.41, 5.74) is 1.80. The van der Waals surface area contributed by atoms with Gasteiger partial charge in [0.2, 0.25) is 11.8 Å². The van der Waals surface area contributed by atoms with Gasteiger partial charge in [-0.25, -0.2) is 0 Å². The van der Waals surface area contributed by atoms with Crippen molar-refractivity contribution in [2.75, 3.05) is 24.6 Å². The summed E-state index contributed by atoms with van der Waals surface area (Å²) in [6, 6.07) is 22.6. The maximum absolute atomic E-state index is 14.9. The van der Waals surface area contributed by atoms with E-state index in [1.807, 2.05) is 95.9 Å². The molecule has 1 unspecified atom stereocenters. The number of likely N-dealkylation sites (tertiary alicyclic amines) is 1. The van der Waals surface area contributed by atoms with Crippen LogP contribution in [0.25, 0.3) is 10.8 Å². The van der Waals surface area contributed by atoms with Gasteiger partial charge in [-0.3, -0.25) is 14.4 Å². The van der Waals surface area contributed by atoms with E-state index in [1.165, 1.54) is 0 Å². The molecule has 3 aromatic carbocycles. The molecule has 3 aromatic rings. The lowest BCUT2D eigenvalue weighted by Crippen LogP contribution is -2.57. The number of benzene rings is 3. The molecule has 0 saturated carbocycles. The Morgan fingerprint density at radius 1 is 0.889 bits per heavy atom. The fraction of sp³-hybridized carbons (Fsp3) is 0.378. The van der Waals surface area contributed by atoms with E-state index in [-0.39, 0.29) is 35.5 Å². The highest BCUT2D eigenvalue weighted by Gasteiger charge is 2.71. The second-order valence-electron chi connectivity index (χ2n) is 13.1. The number of hydrogen-bond donors (Lipinski definition) is 1. The first-order valence-electron chi connectivity index (χ1n) is 15.9. The Hall–Kier alpha value is -3.88. The standard InChI is InChI=1S/C37H39N3O4S/c1-24(2)20-29(23-41)40-33-36(44)39(28-16-15-26-12-6-7-13-27(26)21-28)19-9-17-37(33)32(35(40)43)31-30(45-37)14-8-18-38(34(31)42)22-25-10-4-3-5-11-25/h3-17,21,24,29-33,41H,18-20,22-23H2,1-2H3/t29-,30+,31-,32+,33?,37+/m1/s1. The van der Waals surface area contributed by atoms with Crippen LogP contribution in [0.15, 0.2) is 97.1 Å². The van der Waals surface area contributed by atoms with Gasteiger partial charge in [-0.15, -0.1) is 11.8 Å². The molecule has 0 radical (unpaired) electrons. The normalized spacial score (nSPS) is 28.4. The van der Waals surface area contributed by atoms with Crippen LogP contribution in [-0.4, -0.2) is 74.4 Å². The van der Waals surface area contributed by atoms with E-state index in [2.05, 4.69) is 19.9 Å². The van der Waals surface area contributed by atoms with Crippen molar-refractivity contribution in [1.82, 2.24) is 9.80 Å². The van der Waals surface area contributed by atoms with E-state index in [0.717, 1.165) is 22.0 Å². The van der Waals surface area contributed by atoms with Gasteiger partial charge in [0.25, 0.3) is 5.91 Å². The van der Waals surface area contributed by atoms with Crippen molar-refractivity contribution in [3.8, 4) is 0 Å². The number of carbonyl (C=O) groups excluding carboxylic acids is 3. The van der Waals surface area contributed by atoms with Crippen LogP contribution in [0.3, 0.4) is 0 Å². The molecule has 1 spiro atoms. The maximum atomic E-state index is 14.9. The number of amides is 3. The zero-order chi connectivity index (χ0) is 31.3. The molecule has 0 bridgehead atoms. The van der Waals surface area contributed by atoms with E-state index in [0.29, 0.717) is 26.1 Å². The SMILES string of the molecule is CC(C)C[C@H](CO)N1C(=O)[C@@H]2[C@@H]3C(=O)N(Cc4ccccc4)CC=C[C@@H]3S[C@@]23C=CCN(c2ccc4ccccc4c2)C(=O)C13. The van der Waals surface area contributed by atoms with E-state index < -0.39 is 28.7 Å². The minimum Gasteiger partial charge on any atom is -0.394 e. The van der Waals surface area contributed by atoms with Gasteiger partial charge >= 0.3 is 0 Å². The van der Waals surface area contributed by atoms with Crippen LogP contribution in [0.2, 0.25) is 0 Å². The summed E-state index contributed by atoms with van der Waals surface area (Å²) in [7, 11) is 0. The van der Waals surface area contributed by atoms with Crippen molar-refractivity contribution in [3.63, 3.8) is 0 Å². The zero-order valence-corrected chi connectivity index (χ0v) is 26.5. The van der Waals surface area contributed by atoms with Crippen LogP contribution in [-0.2, 0) is 20.9 Å². The average Bonchev–Trinajstić information content (AvgIpc) is 3.37. The highest BCUT2D eigenvalue weighted by molar-refractivity contribution is 8.02. The first-order valence-corrected chi connectivity index (χ1v) is 16.8. The lowest BCUT2D eigenvalue weighted by molar-refractivity contribution is -0.145. The molecule has 4 aliphatic rings. The van der Waals surface area contributed by atoms with Crippen molar-refractivity contribution >= 4 is 45.9 Å². The van der Waals surface area contributed by atoms with Gasteiger partial charge in [-0.1, -0.05) is 98.8 Å².